The molecule has 0 atom stereocenters. The maximum absolute atomic E-state index is 13.2. The van der Waals surface area contributed by atoms with E-state index in [1.807, 2.05) is 19.0 Å². The van der Waals surface area contributed by atoms with E-state index in [-0.39, 0.29) is 28.6 Å². The van der Waals surface area contributed by atoms with E-state index in [9.17, 15) is 19.3 Å². The Kier molecular flexibility index (Phi) is 5.99. The molecule has 8 nitrogen and oxygen atoms in total. The molecule has 3 rings (SSSR count). The van der Waals surface area contributed by atoms with Gasteiger partial charge < -0.3 is 14.6 Å². The van der Waals surface area contributed by atoms with Crippen LogP contribution >= 0.6 is 0 Å². The number of rotatable bonds is 7. The third-order valence-electron chi connectivity index (χ3n) is 4.12. The first-order chi connectivity index (χ1) is 13.9. The van der Waals surface area contributed by atoms with Gasteiger partial charge in [-0.3, -0.25) is 14.9 Å². The molecule has 3 aromatic rings. The SMILES string of the molecule is CN(C)CCNC(=O)c1nc(-c2ccc(F)cc2)oc1-c1ccccc1[N+](=O)[O-]. The van der Waals surface area contributed by atoms with Gasteiger partial charge in [0.1, 0.15) is 5.82 Å². The smallest absolute Gasteiger partial charge is 0.280 e. The largest absolute Gasteiger partial charge is 0.435 e. The molecular formula is C20H19FN4O4. The number of para-hydroxylation sites is 1. The minimum absolute atomic E-state index is 0.0148. The highest BCUT2D eigenvalue weighted by atomic mass is 19.1. The molecule has 0 aliphatic carbocycles. The van der Waals surface area contributed by atoms with Crippen LogP contribution in [0.2, 0.25) is 0 Å². The molecule has 1 N–H and O–H groups in total. The van der Waals surface area contributed by atoms with E-state index in [0.717, 1.165) is 0 Å². The highest BCUT2D eigenvalue weighted by Gasteiger charge is 2.27. The molecule has 1 heterocycles. The molecule has 0 fully saturated rings. The van der Waals surface area contributed by atoms with E-state index in [0.29, 0.717) is 18.7 Å². The number of nitrogens with zero attached hydrogens (tertiary/aromatic N) is 3. The number of benzene rings is 2. The van der Waals surface area contributed by atoms with Crippen LogP contribution in [0.1, 0.15) is 10.5 Å². The van der Waals surface area contributed by atoms with E-state index < -0.39 is 16.6 Å². The minimum Gasteiger partial charge on any atom is -0.435 e. The van der Waals surface area contributed by atoms with E-state index in [1.54, 1.807) is 6.07 Å². The van der Waals surface area contributed by atoms with Crippen LogP contribution in [-0.2, 0) is 0 Å². The van der Waals surface area contributed by atoms with Gasteiger partial charge in [-0.25, -0.2) is 9.37 Å². The Hall–Kier alpha value is -3.59. The van der Waals surface area contributed by atoms with Gasteiger partial charge in [0, 0.05) is 24.7 Å². The highest BCUT2D eigenvalue weighted by molar-refractivity contribution is 5.99. The molecule has 0 aliphatic rings. The average molecular weight is 398 g/mol. The zero-order chi connectivity index (χ0) is 21.0. The van der Waals surface area contributed by atoms with Crippen molar-refractivity contribution in [2.24, 2.45) is 0 Å². The maximum atomic E-state index is 13.2. The normalized spacial score (nSPS) is 10.9. The number of nitro benzene ring substituents is 1. The number of halogens is 1. The van der Waals surface area contributed by atoms with Crippen LogP contribution in [0.25, 0.3) is 22.8 Å². The summed E-state index contributed by atoms with van der Waals surface area (Å²) in [4.78, 5) is 29.7. The first-order valence-electron chi connectivity index (χ1n) is 8.80. The lowest BCUT2D eigenvalue weighted by Crippen LogP contribution is -2.31. The molecule has 1 amide bonds. The Bertz CT molecular complexity index is 1030. The Morgan fingerprint density at radius 1 is 1.21 bits per heavy atom. The standard InChI is InChI=1S/C20H19FN4O4/c1-24(2)12-11-22-19(26)17-18(15-5-3-4-6-16(15)25(27)28)29-20(23-17)13-7-9-14(21)10-8-13/h3-10H,11-12H2,1-2H3,(H,22,26). The summed E-state index contributed by atoms with van der Waals surface area (Å²) in [6.45, 7) is 0.968. The van der Waals surface area contributed by atoms with Crippen molar-refractivity contribution in [1.82, 2.24) is 15.2 Å². The van der Waals surface area contributed by atoms with Crippen molar-refractivity contribution in [3.05, 3.63) is 70.2 Å². The van der Waals surface area contributed by atoms with E-state index in [1.165, 1.54) is 42.5 Å². The fraction of sp³-hybridized carbons (Fsp3) is 0.200. The number of hydrogen-bond donors (Lipinski definition) is 1. The van der Waals surface area contributed by atoms with Crippen LogP contribution < -0.4 is 5.32 Å². The number of carbonyl (C=O) groups excluding carboxylic acids is 1. The van der Waals surface area contributed by atoms with Gasteiger partial charge in [-0.05, 0) is 44.4 Å². The number of oxazole rings is 1. The molecule has 9 heteroatoms. The second-order valence-electron chi connectivity index (χ2n) is 6.54. The summed E-state index contributed by atoms with van der Waals surface area (Å²) in [7, 11) is 3.74. The topological polar surface area (TPSA) is 102 Å². The Labute approximate surface area is 166 Å². The van der Waals surface area contributed by atoms with E-state index >= 15 is 0 Å². The average Bonchev–Trinajstić information content (AvgIpc) is 3.13. The predicted octanol–water partition coefficient (Wildman–Crippen LogP) is 3.35. The van der Waals surface area contributed by atoms with Crippen LogP contribution in [0.3, 0.4) is 0 Å². The number of nitro groups is 1. The van der Waals surface area contributed by atoms with Crippen LogP contribution in [0, 0.1) is 15.9 Å². The molecule has 0 spiro atoms. The fourth-order valence-corrected chi connectivity index (χ4v) is 2.67. The van der Waals surface area contributed by atoms with E-state index in [4.69, 9.17) is 4.42 Å². The van der Waals surface area contributed by atoms with Crippen molar-refractivity contribution in [2.45, 2.75) is 0 Å². The molecule has 150 valence electrons. The lowest BCUT2D eigenvalue weighted by molar-refractivity contribution is -0.384. The predicted molar refractivity (Wildman–Crippen MR) is 105 cm³/mol. The first kappa shape index (κ1) is 20.2. The number of likely N-dealkylation sites (N-methyl/N-ethyl adjacent to an activating group) is 1. The maximum Gasteiger partial charge on any atom is 0.280 e. The van der Waals surface area contributed by atoms with Gasteiger partial charge in [0.2, 0.25) is 5.89 Å². The molecule has 29 heavy (non-hydrogen) atoms. The van der Waals surface area contributed by atoms with Crippen LogP contribution in [0.15, 0.2) is 52.9 Å². The van der Waals surface area contributed by atoms with Crippen molar-refractivity contribution in [1.29, 1.82) is 0 Å². The monoisotopic (exact) mass is 398 g/mol. The van der Waals surface area contributed by atoms with Gasteiger partial charge in [-0.1, -0.05) is 12.1 Å². The van der Waals surface area contributed by atoms with Gasteiger partial charge in [-0.2, -0.15) is 0 Å². The van der Waals surface area contributed by atoms with Crippen LogP contribution in [-0.4, -0.2) is 47.9 Å². The Morgan fingerprint density at radius 2 is 1.90 bits per heavy atom. The summed E-state index contributed by atoms with van der Waals surface area (Å²) >= 11 is 0. The summed E-state index contributed by atoms with van der Waals surface area (Å²) in [5.74, 6) is -0.895. The zero-order valence-corrected chi connectivity index (χ0v) is 15.9. The minimum atomic E-state index is -0.552. The van der Waals surface area contributed by atoms with Gasteiger partial charge in [0.15, 0.2) is 11.5 Å². The van der Waals surface area contributed by atoms with Gasteiger partial charge in [0.25, 0.3) is 11.6 Å². The molecule has 0 unspecified atom stereocenters. The van der Waals surface area contributed by atoms with Gasteiger partial charge in [-0.15, -0.1) is 0 Å². The second-order valence-corrected chi connectivity index (χ2v) is 6.54. The molecule has 1 aromatic heterocycles. The number of aromatic nitrogens is 1. The van der Waals surface area contributed by atoms with Crippen molar-refractivity contribution in [2.75, 3.05) is 27.2 Å². The van der Waals surface area contributed by atoms with Crippen molar-refractivity contribution < 1.29 is 18.5 Å². The lowest BCUT2D eigenvalue weighted by Gasteiger charge is -2.09. The zero-order valence-electron chi connectivity index (χ0n) is 15.9. The van der Waals surface area contributed by atoms with Crippen LogP contribution in [0.5, 0.6) is 0 Å². The highest BCUT2D eigenvalue weighted by Crippen LogP contribution is 2.35. The number of carbonyl (C=O) groups is 1. The van der Waals surface area contributed by atoms with Crippen LogP contribution in [0.4, 0.5) is 10.1 Å². The molecule has 0 aliphatic heterocycles. The number of amides is 1. The van der Waals surface area contributed by atoms with Gasteiger partial charge in [0.05, 0.1) is 10.5 Å². The number of nitrogens with one attached hydrogen (secondary N) is 1. The fourth-order valence-electron chi connectivity index (χ4n) is 2.67. The number of hydrogen-bond acceptors (Lipinski definition) is 6. The quantitative estimate of drug-likeness (QED) is 0.484. The second kappa shape index (κ2) is 8.61. The summed E-state index contributed by atoms with van der Waals surface area (Å²) in [6.07, 6.45) is 0. The molecule has 2 aromatic carbocycles. The Morgan fingerprint density at radius 3 is 2.55 bits per heavy atom. The molecule has 0 saturated carbocycles. The summed E-state index contributed by atoms with van der Waals surface area (Å²) in [5, 5.41) is 14.2. The van der Waals surface area contributed by atoms with Crippen molar-refractivity contribution in [3.8, 4) is 22.8 Å². The lowest BCUT2D eigenvalue weighted by atomic mass is 10.1. The molecule has 0 saturated heterocycles. The third-order valence-corrected chi connectivity index (χ3v) is 4.12. The summed E-state index contributed by atoms with van der Waals surface area (Å²) in [5.41, 5.74) is 0.295. The van der Waals surface area contributed by atoms with Crippen molar-refractivity contribution in [3.63, 3.8) is 0 Å². The molecular weight excluding hydrogens is 379 g/mol. The summed E-state index contributed by atoms with van der Waals surface area (Å²) < 4.78 is 19.0. The summed E-state index contributed by atoms with van der Waals surface area (Å²) in [6, 6.07) is 11.3. The van der Waals surface area contributed by atoms with Crippen molar-refractivity contribution >= 4 is 11.6 Å². The van der Waals surface area contributed by atoms with E-state index in [2.05, 4.69) is 10.3 Å². The third kappa shape index (κ3) is 4.64. The molecule has 0 radical (unpaired) electrons. The molecule has 0 bridgehead atoms. The van der Waals surface area contributed by atoms with Gasteiger partial charge >= 0.3 is 0 Å². The Balaban J connectivity index is 2.07. The first-order valence-corrected chi connectivity index (χ1v) is 8.80.